The molecule has 2 aromatic carbocycles. The molecule has 2 aliphatic heterocycles. The minimum absolute atomic E-state index is 0.0788. The van der Waals surface area contributed by atoms with Gasteiger partial charge in [0.05, 0.1) is 17.0 Å². The van der Waals surface area contributed by atoms with Crippen LogP contribution in [0, 0.1) is 5.41 Å². The summed E-state index contributed by atoms with van der Waals surface area (Å²) in [5, 5.41) is 10.6. The molecule has 0 bridgehead atoms. The average Bonchev–Trinajstić information content (AvgIpc) is 3.67. The van der Waals surface area contributed by atoms with E-state index in [0.717, 1.165) is 16.1 Å². The molecule has 4 rings (SSSR count). The molecule has 1 N–H and O–H groups in total. The lowest BCUT2D eigenvalue weighted by molar-refractivity contribution is -0.126. The first-order chi connectivity index (χ1) is 14.8. The molecular formula is C21H25B2NO6S. The Kier molecular flexibility index (Phi) is 7.48. The number of rotatable bonds is 9. The van der Waals surface area contributed by atoms with Crippen molar-refractivity contribution in [1.29, 1.82) is 0 Å². The van der Waals surface area contributed by atoms with E-state index in [1.54, 1.807) is 13.0 Å². The van der Waals surface area contributed by atoms with Gasteiger partial charge in [0.25, 0.3) is 0 Å². The highest BCUT2D eigenvalue weighted by Gasteiger charge is 2.62. The van der Waals surface area contributed by atoms with Crippen LogP contribution in [0.25, 0.3) is 0 Å². The van der Waals surface area contributed by atoms with E-state index in [4.69, 9.17) is 18.3 Å². The van der Waals surface area contributed by atoms with Gasteiger partial charge in [0.1, 0.15) is 18.1 Å². The molecular weight excluding hydrogens is 416 g/mol. The van der Waals surface area contributed by atoms with Crippen LogP contribution >= 0.6 is 0 Å². The normalized spacial score (nSPS) is 16.8. The number of hydrogen-bond acceptors (Lipinski definition) is 8. The summed E-state index contributed by atoms with van der Waals surface area (Å²) >= 11 is 2.83. The van der Waals surface area contributed by atoms with Crippen LogP contribution in [-0.4, -0.2) is 48.2 Å². The number of nitrogens with zero attached hydrogens (tertiary/aromatic N) is 1. The molecule has 2 aromatic rings. The summed E-state index contributed by atoms with van der Waals surface area (Å²) in [6.07, 6.45) is 0.652. The Hall–Kier alpha value is -2.26. The lowest BCUT2D eigenvalue weighted by Gasteiger charge is -2.23. The van der Waals surface area contributed by atoms with Gasteiger partial charge in [-0.1, -0.05) is 30.3 Å². The standard InChI is InChI=1S/C21H25B2NO5.OS/c1-15(25)21(2,3)13-27-19-10-9-18(24(26)23-20(29-23)22-14-28-22)12-17(19)11-16-7-5-4-6-8-16;1-2/h4-10,12,20,26H,11,13-14H2,1-3H3;. The second kappa shape index (κ2) is 9.91. The SMILES string of the molecule is CC(=O)C(C)(C)COc1ccc(N(O)B2OC2B2CO2)cc1Cc1ccccc1.O=S. The highest BCUT2D eigenvalue weighted by atomic mass is 32.1. The summed E-state index contributed by atoms with van der Waals surface area (Å²) in [4.78, 5) is 13.0. The summed E-state index contributed by atoms with van der Waals surface area (Å²) in [7, 11) is -0.379. The third-order valence-electron chi connectivity index (χ3n) is 5.56. The summed E-state index contributed by atoms with van der Waals surface area (Å²) in [5.74, 6) is 0.712. The van der Waals surface area contributed by atoms with Gasteiger partial charge < -0.3 is 14.0 Å². The summed E-state index contributed by atoms with van der Waals surface area (Å²) in [5.41, 5.74) is 2.15. The van der Waals surface area contributed by atoms with Gasteiger partial charge in [-0.2, -0.15) is 4.21 Å². The summed E-state index contributed by atoms with van der Waals surface area (Å²) < 4.78 is 24.7. The van der Waals surface area contributed by atoms with Crippen LogP contribution in [-0.2, 0) is 33.1 Å². The molecule has 0 aromatic heterocycles. The molecule has 31 heavy (non-hydrogen) atoms. The Bertz CT molecular complexity index is 912. The molecule has 1 atom stereocenters. The second-order valence-electron chi connectivity index (χ2n) is 8.39. The van der Waals surface area contributed by atoms with Crippen molar-refractivity contribution < 1.29 is 28.3 Å². The van der Waals surface area contributed by atoms with E-state index >= 15 is 0 Å². The lowest BCUT2D eigenvalue weighted by atomic mass is 9.60. The van der Waals surface area contributed by atoms with Gasteiger partial charge in [0.15, 0.2) is 12.5 Å². The van der Waals surface area contributed by atoms with Crippen LogP contribution in [0.5, 0.6) is 5.75 Å². The van der Waals surface area contributed by atoms with Crippen LogP contribution < -0.4 is 9.71 Å². The third kappa shape index (κ3) is 5.92. The number of carbonyl (C=O) groups excluding carboxylic acids is 1. The molecule has 2 heterocycles. The predicted molar refractivity (Wildman–Crippen MR) is 120 cm³/mol. The quantitative estimate of drug-likeness (QED) is 0.361. The van der Waals surface area contributed by atoms with E-state index in [2.05, 4.69) is 24.7 Å². The fraction of sp³-hybridized carbons (Fsp3) is 0.381. The van der Waals surface area contributed by atoms with Crippen molar-refractivity contribution in [2.45, 2.75) is 33.1 Å². The topological polar surface area (TPSA) is 91.9 Å². The molecule has 0 saturated carbocycles. The minimum atomic E-state index is -0.564. The Balaban J connectivity index is 0.00000132. The van der Waals surface area contributed by atoms with Crippen molar-refractivity contribution in [3.63, 3.8) is 0 Å². The van der Waals surface area contributed by atoms with Gasteiger partial charge in [0, 0.05) is 18.5 Å². The van der Waals surface area contributed by atoms with Gasteiger partial charge >= 0.3 is 14.0 Å². The number of ketones is 1. The van der Waals surface area contributed by atoms with Crippen LogP contribution in [0.2, 0.25) is 0 Å². The maximum absolute atomic E-state index is 11.8. The Morgan fingerprint density at radius 2 is 1.94 bits per heavy atom. The zero-order chi connectivity index (χ0) is 22.6. The molecule has 1 unspecified atom stereocenters. The van der Waals surface area contributed by atoms with Gasteiger partial charge in [0.2, 0.25) is 0 Å². The van der Waals surface area contributed by atoms with E-state index in [1.807, 2.05) is 44.2 Å². The highest BCUT2D eigenvalue weighted by Crippen LogP contribution is 2.34. The van der Waals surface area contributed by atoms with Gasteiger partial charge in [-0.25, -0.2) is 0 Å². The largest absolute Gasteiger partial charge is 0.492 e. The zero-order valence-electron chi connectivity index (χ0n) is 17.8. The molecule has 7 nitrogen and oxygen atoms in total. The van der Waals surface area contributed by atoms with Crippen molar-refractivity contribution >= 4 is 38.0 Å². The molecule has 10 heteroatoms. The molecule has 2 fully saturated rings. The lowest BCUT2D eigenvalue weighted by Crippen LogP contribution is -2.31. The summed E-state index contributed by atoms with van der Waals surface area (Å²) in [6.45, 7) is 6.40. The van der Waals surface area contributed by atoms with Crippen molar-refractivity contribution in [2.75, 3.05) is 18.1 Å². The maximum atomic E-state index is 11.8. The van der Waals surface area contributed by atoms with Crippen LogP contribution in [0.3, 0.4) is 0 Å². The molecule has 0 radical (unpaired) electrons. The minimum Gasteiger partial charge on any atom is -0.492 e. The zero-order valence-corrected chi connectivity index (χ0v) is 18.6. The van der Waals surface area contributed by atoms with Gasteiger partial charge in [-0.15, -0.1) is 0 Å². The predicted octanol–water partition coefficient (Wildman–Crippen LogP) is 2.66. The fourth-order valence-corrected chi connectivity index (χ4v) is 3.14. The van der Waals surface area contributed by atoms with E-state index in [-0.39, 0.29) is 25.7 Å². The van der Waals surface area contributed by atoms with Crippen LogP contribution in [0.1, 0.15) is 31.9 Å². The molecule has 0 amide bonds. The van der Waals surface area contributed by atoms with E-state index < -0.39 is 5.41 Å². The average molecular weight is 441 g/mol. The Morgan fingerprint density at radius 1 is 1.26 bits per heavy atom. The second-order valence-corrected chi connectivity index (χ2v) is 8.39. The number of anilines is 1. The molecule has 2 saturated heterocycles. The van der Waals surface area contributed by atoms with E-state index in [1.165, 1.54) is 0 Å². The molecule has 0 aliphatic carbocycles. The number of ether oxygens (including phenoxy) is 1. The maximum Gasteiger partial charge on any atom is 0.463 e. The number of Topliss-reactive ketones (excluding diaryl/α,β-unsaturated/α-hetero) is 1. The van der Waals surface area contributed by atoms with Crippen molar-refractivity contribution in [3.05, 3.63) is 59.7 Å². The monoisotopic (exact) mass is 441 g/mol. The van der Waals surface area contributed by atoms with E-state index in [0.29, 0.717) is 31.0 Å². The summed E-state index contributed by atoms with van der Waals surface area (Å²) in [6, 6.07) is 15.6. The number of hydrogen-bond donors (Lipinski definition) is 1. The first-order valence-electron chi connectivity index (χ1n) is 10.1. The first kappa shape index (κ1) is 23.4. The number of benzene rings is 2. The fourth-order valence-electron chi connectivity index (χ4n) is 3.14. The molecule has 162 valence electrons. The van der Waals surface area contributed by atoms with Crippen LogP contribution in [0.15, 0.2) is 48.5 Å². The Labute approximate surface area is 188 Å². The van der Waals surface area contributed by atoms with Gasteiger partial charge in [-0.3, -0.25) is 15.0 Å². The van der Waals surface area contributed by atoms with Crippen molar-refractivity contribution in [1.82, 2.24) is 0 Å². The first-order valence-corrected chi connectivity index (χ1v) is 10.4. The Morgan fingerprint density at radius 3 is 2.55 bits per heavy atom. The van der Waals surface area contributed by atoms with Gasteiger partial charge in [-0.05, 0) is 44.5 Å². The van der Waals surface area contributed by atoms with Crippen LogP contribution in [0.4, 0.5) is 5.69 Å². The highest BCUT2D eigenvalue weighted by molar-refractivity contribution is 7.44. The van der Waals surface area contributed by atoms with Crippen molar-refractivity contribution in [3.8, 4) is 5.75 Å². The smallest absolute Gasteiger partial charge is 0.463 e. The van der Waals surface area contributed by atoms with E-state index in [9.17, 15) is 10.0 Å². The van der Waals surface area contributed by atoms with Crippen molar-refractivity contribution in [2.24, 2.45) is 5.41 Å². The molecule has 0 spiro atoms. The molecule has 2 aliphatic rings. The third-order valence-corrected chi connectivity index (χ3v) is 5.56. The number of carbonyl (C=O) groups is 1.